The molecule has 0 unspecified atom stereocenters. The lowest BCUT2D eigenvalue weighted by Gasteiger charge is -2.14. The Labute approximate surface area is 126 Å². The van der Waals surface area contributed by atoms with Gasteiger partial charge in [0.15, 0.2) is 0 Å². The van der Waals surface area contributed by atoms with E-state index in [1.54, 1.807) is 11.3 Å². The maximum absolute atomic E-state index is 4.53. The molecule has 1 N–H and O–H groups in total. The second kappa shape index (κ2) is 6.20. The quantitative estimate of drug-likeness (QED) is 0.846. The van der Waals surface area contributed by atoms with E-state index in [0.717, 1.165) is 19.6 Å². The molecule has 0 bridgehead atoms. The molecule has 2 heterocycles. The van der Waals surface area contributed by atoms with Gasteiger partial charge in [-0.1, -0.05) is 0 Å². The second-order valence-corrected chi connectivity index (χ2v) is 6.86. The number of aromatic nitrogens is 2. The first-order chi connectivity index (χ1) is 9.33. The van der Waals surface area contributed by atoms with E-state index in [1.807, 2.05) is 6.33 Å². The summed E-state index contributed by atoms with van der Waals surface area (Å²) in [4.78, 5) is 5.90. The largest absolute Gasteiger partial charge is 0.333 e. The van der Waals surface area contributed by atoms with Gasteiger partial charge in [-0.15, -0.1) is 11.3 Å². The lowest BCUT2D eigenvalue weighted by molar-refractivity contribution is 0.564. The van der Waals surface area contributed by atoms with Crippen LogP contribution >= 0.6 is 27.3 Å². The van der Waals surface area contributed by atoms with Crippen LogP contribution in [0.2, 0.25) is 0 Å². The van der Waals surface area contributed by atoms with Crippen LogP contribution in [0.1, 0.15) is 29.1 Å². The number of imidazole rings is 1. The van der Waals surface area contributed by atoms with Gasteiger partial charge in [0.2, 0.25) is 0 Å². The van der Waals surface area contributed by atoms with Gasteiger partial charge in [-0.25, -0.2) is 4.98 Å². The molecular formula is C14H18BrN3S. The van der Waals surface area contributed by atoms with Crippen molar-refractivity contribution >= 4 is 27.3 Å². The Hall–Kier alpha value is -0.650. The first kappa shape index (κ1) is 13.3. The number of thiophene rings is 1. The topological polar surface area (TPSA) is 29.9 Å². The molecule has 5 heteroatoms. The van der Waals surface area contributed by atoms with Gasteiger partial charge >= 0.3 is 0 Å². The molecule has 0 saturated heterocycles. The number of rotatable bonds is 5. The summed E-state index contributed by atoms with van der Waals surface area (Å²) >= 11 is 5.28. The lowest BCUT2D eigenvalue weighted by Crippen LogP contribution is -2.20. The van der Waals surface area contributed by atoms with Crippen molar-refractivity contribution < 1.29 is 0 Å². The number of hydrogen-bond donors (Lipinski definition) is 1. The van der Waals surface area contributed by atoms with Crippen LogP contribution in [0.5, 0.6) is 0 Å². The molecule has 2 aromatic rings. The molecule has 0 spiro atoms. The standard InChI is InChI=1S/C14H18BrN3S/c15-11-7-12(19-9-11)8-16-5-6-18-10-17-13-3-1-2-4-14(13)18/h7,9-10,16H,1-6,8H2. The van der Waals surface area contributed by atoms with Crippen LogP contribution in [0.4, 0.5) is 0 Å². The SMILES string of the molecule is Brc1csc(CNCCn2cnc3c2CCCC3)c1. The molecule has 102 valence electrons. The third-order valence-electron chi connectivity index (χ3n) is 3.56. The van der Waals surface area contributed by atoms with E-state index >= 15 is 0 Å². The second-order valence-electron chi connectivity index (χ2n) is 4.95. The molecule has 0 atom stereocenters. The molecule has 0 radical (unpaired) electrons. The summed E-state index contributed by atoms with van der Waals surface area (Å²) in [6.45, 7) is 2.97. The molecule has 0 fully saturated rings. The molecule has 1 aliphatic rings. The minimum absolute atomic E-state index is 0.952. The van der Waals surface area contributed by atoms with E-state index in [-0.39, 0.29) is 0 Å². The first-order valence-corrected chi connectivity index (χ1v) is 8.47. The Morgan fingerprint density at radius 1 is 1.37 bits per heavy atom. The lowest BCUT2D eigenvalue weighted by atomic mass is 10.0. The van der Waals surface area contributed by atoms with Crippen molar-refractivity contribution in [1.29, 1.82) is 0 Å². The number of aryl methyl sites for hydroxylation is 1. The summed E-state index contributed by atoms with van der Waals surface area (Å²) in [7, 11) is 0. The zero-order chi connectivity index (χ0) is 13.1. The van der Waals surface area contributed by atoms with Crippen LogP contribution in [0.25, 0.3) is 0 Å². The predicted octanol–water partition coefficient (Wildman–Crippen LogP) is 3.38. The molecule has 0 aliphatic heterocycles. The molecule has 2 aromatic heterocycles. The van der Waals surface area contributed by atoms with Gasteiger partial charge in [-0.05, 0) is 47.7 Å². The van der Waals surface area contributed by atoms with E-state index in [4.69, 9.17) is 0 Å². The van der Waals surface area contributed by atoms with Crippen LogP contribution in [0, 0.1) is 0 Å². The Balaban J connectivity index is 1.48. The molecule has 3 nitrogen and oxygen atoms in total. The van der Waals surface area contributed by atoms with Crippen LogP contribution < -0.4 is 5.32 Å². The maximum Gasteiger partial charge on any atom is 0.0952 e. The minimum Gasteiger partial charge on any atom is -0.333 e. The van der Waals surface area contributed by atoms with Gasteiger partial charge in [0.25, 0.3) is 0 Å². The fraction of sp³-hybridized carbons (Fsp3) is 0.500. The number of fused-ring (bicyclic) bond motifs is 1. The number of nitrogens with one attached hydrogen (secondary N) is 1. The summed E-state index contributed by atoms with van der Waals surface area (Å²) in [6.07, 6.45) is 7.00. The average Bonchev–Trinajstić information content (AvgIpc) is 3.02. The van der Waals surface area contributed by atoms with Crippen molar-refractivity contribution in [2.24, 2.45) is 0 Å². The maximum atomic E-state index is 4.53. The average molecular weight is 340 g/mol. The molecule has 1 aliphatic carbocycles. The Morgan fingerprint density at radius 3 is 3.11 bits per heavy atom. The Kier molecular flexibility index (Phi) is 4.35. The van der Waals surface area contributed by atoms with E-state index in [1.165, 1.54) is 46.4 Å². The Morgan fingerprint density at radius 2 is 2.26 bits per heavy atom. The van der Waals surface area contributed by atoms with E-state index in [0.29, 0.717) is 0 Å². The van der Waals surface area contributed by atoms with Crippen molar-refractivity contribution in [1.82, 2.24) is 14.9 Å². The van der Waals surface area contributed by atoms with Gasteiger partial charge < -0.3 is 9.88 Å². The molecule has 0 amide bonds. The normalized spacial score (nSPS) is 14.6. The van der Waals surface area contributed by atoms with Gasteiger partial charge in [0, 0.05) is 40.1 Å². The monoisotopic (exact) mass is 339 g/mol. The molecule has 3 rings (SSSR count). The molecule has 0 aromatic carbocycles. The van der Waals surface area contributed by atoms with E-state index in [9.17, 15) is 0 Å². The minimum atomic E-state index is 0.952. The van der Waals surface area contributed by atoms with Crippen molar-refractivity contribution in [3.63, 3.8) is 0 Å². The molecule has 19 heavy (non-hydrogen) atoms. The summed E-state index contributed by atoms with van der Waals surface area (Å²) in [5.74, 6) is 0. The predicted molar refractivity (Wildman–Crippen MR) is 82.6 cm³/mol. The highest BCUT2D eigenvalue weighted by molar-refractivity contribution is 9.10. The van der Waals surface area contributed by atoms with Gasteiger partial charge in [-0.2, -0.15) is 0 Å². The van der Waals surface area contributed by atoms with E-state index in [2.05, 4.69) is 42.2 Å². The Bertz CT molecular complexity index is 547. The number of halogens is 1. The highest BCUT2D eigenvalue weighted by Crippen LogP contribution is 2.20. The highest BCUT2D eigenvalue weighted by atomic mass is 79.9. The smallest absolute Gasteiger partial charge is 0.0952 e. The zero-order valence-corrected chi connectivity index (χ0v) is 13.3. The van der Waals surface area contributed by atoms with Crippen LogP contribution in [-0.2, 0) is 25.9 Å². The van der Waals surface area contributed by atoms with Crippen molar-refractivity contribution in [3.05, 3.63) is 38.5 Å². The third-order valence-corrected chi connectivity index (χ3v) is 5.26. The highest BCUT2D eigenvalue weighted by Gasteiger charge is 2.14. The van der Waals surface area contributed by atoms with Crippen molar-refractivity contribution in [2.45, 2.75) is 38.8 Å². The van der Waals surface area contributed by atoms with Crippen LogP contribution in [0.3, 0.4) is 0 Å². The van der Waals surface area contributed by atoms with E-state index < -0.39 is 0 Å². The summed E-state index contributed by atoms with van der Waals surface area (Å²) in [5, 5.41) is 5.63. The first-order valence-electron chi connectivity index (χ1n) is 6.79. The summed E-state index contributed by atoms with van der Waals surface area (Å²) in [6, 6.07) is 2.18. The fourth-order valence-electron chi connectivity index (χ4n) is 2.58. The van der Waals surface area contributed by atoms with Crippen molar-refractivity contribution in [2.75, 3.05) is 6.54 Å². The fourth-order valence-corrected chi connectivity index (χ4v) is 4.00. The summed E-state index contributed by atoms with van der Waals surface area (Å²) in [5.41, 5.74) is 2.79. The van der Waals surface area contributed by atoms with Crippen LogP contribution in [-0.4, -0.2) is 16.1 Å². The van der Waals surface area contributed by atoms with Gasteiger partial charge in [0.1, 0.15) is 0 Å². The summed E-state index contributed by atoms with van der Waals surface area (Å²) < 4.78 is 3.50. The van der Waals surface area contributed by atoms with Gasteiger partial charge in [0.05, 0.1) is 12.0 Å². The molecular weight excluding hydrogens is 322 g/mol. The number of hydrogen-bond acceptors (Lipinski definition) is 3. The van der Waals surface area contributed by atoms with Gasteiger partial charge in [-0.3, -0.25) is 0 Å². The zero-order valence-electron chi connectivity index (χ0n) is 10.9. The number of nitrogens with zero attached hydrogens (tertiary/aromatic N) is 2. The molecule has 0 saturated carbocycles. The third kappa shape index (κ3) is 3.27. The van der Waals surface area contributed by atoms with Crippen molar-refractivity contribution in [3.8, 4) is 0 Å². The van der Waals surface area contributed by atoms with Crippen LogP contribution in [0.15, 0.2) is 22.2 Å².